The summed E-state index contributed by atoms with van der Waals surface area (Å²) in [5.41, 5.74) is 7.08. The molecule has 0 heterocycles. The van der Waals surface area contributed by atoms with Crippen LogP contribution in [0.4, 0.5) is 0 Å². The summed E-state index contributed by atoms with van der Waals surface area (Å²) in [7, 11) is -4.64. The van der Waals surface area contributed by atoms with Crippen LogP contribution in [0.15, 0.2) is 0 Å². The van der Waals surface area contributed by atoms with Gasteiger partial charge in [0.2, 0.25) is 0 Å². The van der Waals surface area contributed by atoms with Gasteiger partial charge in [0.25, 0.3) is 0 Å². The van der Waals surface area contributed by atoms with Crippen molar-refractivity contribution in [2.75, 3.05) is 0 Å². The molecule has 0 radical (unpaired) electrons. The summed E-state index contributed by atoms with van der Waals surface area (Å²) < 4.78 is 8.88. The van der Waals surface area contributed by atoms with E-state index in [4.69, 9.17) is 29.6 Å². The predicted molar refractivity (Wildman–Crippen MR) is 23.6 cm³/mol. The maximum absolute atomic E-state index is 8.88. The van der Waals surface area contributed by atoms with Crippen LogP contribution in [0.5, 0.6) is 0 Å². The van der Waals surface area contributed by atoms with Gasteiger partial charge in [0.05, 0.1) is 0 Å². The third-order valence-corrected chi connectivity index (χ3v) is 0.0408. The molecule has 8 heteroatoms. The molecule has 0 aromatic rings. The average Bonchev–Trinajstić information content (AvgIpc) is 1.61. The highest BCUT2D eigenvalue weighted by molar-refractivity contribution is 7.45. The molecule has 0 aliphatic heterocycles. The summed E-state index contributed by atoms with van der Waals surface area (Å²) in [5.74, 6) is 0. The molecular weight excluding hydrogens is 151 g/mol. The lowest BCUT2D eigenvalue weighted by atomic mass is 11.7. The van der Waals surface area contributed by atoms with Crippen LogP contribution in [0.25, 0.3) is 5.53 Å². The fourth-order valence-electron chi connectivity index (χ4n) is 0. The topological polar surface area (TPSA) is 131 Å². The van der Waals surface area contributed by atoms with Crippen LogP contribution in [-0.2, 0) is 9.36 Å². The van der Waals surface area contributed by atoms with Crippen LogP contribution in [0, 0.1) is 0 Å². The quantitative estimate of drug-likeness (QED) is 0.130. The Bertz CT molecular complexity index is 153. The first-order chi connectivity index (χ1) is 3.91. The zero-order chi connectivity index (χ0) is 7.91. The van der Waals surface area contributed by atoms with Gasteiger partial charge >= 0.3 is 13.9 Å². The summed E-state index contributed by atoms with van der Waals surface area (Å²) in [6, 6.07) is 0. The Kier molecular flexibility index (Phi) is 6.56. The van der Waals surface area contributed by atoms with Crippen molar-refractivity contribution in [1.29, 1.82) is 0 Å². The second kappa shape index (κ2) is 5.34. The predicted octanol–water partition coefficient (Wildman–Crippen LogP) is -1.38. The van der Waals surface area contributed by atoms with Crippen molar-refractivity contribution >= 4 is 13.9 Å². The molecule has 0 unspecified atom stereocenters. The largest absolute Gasteiger partial charge is 0.557 e. The summed E-state index contributed by atoms with van der Waals surface area (Å²) in [6.45, 7) is 0. The van der Waals surface area contributed by atoms with E-state index in [-0.39, 0.29) is 0 Å². The molecule has 7 nitrogen and oxygen atoms in total. The van der Waals surface area contributed by atoms with Gasteiger partial charge in [-0.1, -0.05) is 4.79 Å². The normalized spacial score (nSPS) is 7.89. The Morgan fingerprint density at radius 3 is 1.56 bits per heavy atom. The van der Waals surface area contributed by atoms with E-state index in [1.54, 1.807) is 0 Å². The van der Waals surface area contributed by atoms with E-state index in [2.05, 4.69) is 0 Å². The van der Waals surface area contributed by atoms with Crippen LogP contribution in [0.2, 0.25) is 0 Å². The van der Waals surface area contributed by atoms with Crippen LogP contribution in [0.3, 0.4) is 0 Å². The molecular formula is CH3N2O5P. The van der Waals surface area contributed by atoms with E-state index in [1.165, 1.54) is 0 Å². The van der Waals surface area contributed by atoms with Gasteiger partial charge in [-0.05, 0) is 0 Å². The second-order valence-electron chi connectivity index (χ2n) is 0.705. The molecule has 3 N–H and O–H groups in total. The van der Waals surface area contributed by atoms with Crippen LogP contribution in [0.1, 0.15) is 0 Å². The third-order valence-electron chi connectivity index (χ3n) is 0.0408. The van der Waals surface area contributed by atoms with E-state index in [0.29, 0.717) is 0 Å². The molecule has 0 saturated heterocycles. The molecule has 0 aliphatic rings. The lowest BCUT2D eigenvalue weighted by Crippen LogP contribution is -1.66. The zero-order valence-electron chi connectivity index (χ0n) is 4.00. The minimum atomic E-state index is -4.64. The van der Waals surface area contributed by atoms with Crippen LogP contribution in [-0.4, -0.2) is 25.6 Å². The van der Waals surface area contributed by atoms with Crippen molar-refractivity contribution in [3.63, 3.8) is 0 Å². The van der Waals surface area contributed by atoms with Crippen molar-refractivity contribution in [3.8, 4) is 0 Å². The fourth-order valence-corrected chi connectivity index (χ4v) is 0. The van der Waals surface area contributed by atoms with Gasteiger partial charge in [0, 0.05) is 0 Å². The molecule has 0 atom stereocenters. The summed E-state index contributed by atoms with van der Waals surface area (Å²) in [5, 5.41) is 0. The summed E-state index contributed by atoms with van der Waals surface area (Å²) >= 11 is 0. The highest BCUT2D eigenvalue weighted by Crippen LogP contribution is 2.25. The fraction of sp³-hybridized carbons (Fsp3) is 0. The molecule has 52 valence electrons. The zero-order valence-corrected chi connectivity index (χ0v) is 4.89. The maximum atomic E-state index is 8.88. The summed E-state index contributed by atoms with van der Waals surface area (Å²) in [4.78, 5) is 32.1. The minimum absolute atomic E-state index is 0.861. The monoisotopic (exact) mass is 154 g/mol. The molecule has 0 spiro atoms. The Morgan fingerprint density at radius 2 is 1.56 bits per heavy atom. The Morgan fingerprint density at radius 1 is 1.44 bits per heavy atom. The Labute approximate surface area is 49.4 Å². The highest BCUT2D eigenvalue weighted by atomic mass is 31.2. The first-order valence-electron chi connectivity index (χ1n) is 1.41. The van der Waals surface area contributed by atoms with Gasteiger partial charge in [-0.15, -0.1) is 4.79 Å². The molecule has 0 aromatic heterocycles. The molecule has 0 amide bonds. The second-order valence-corrected chi connectivity index (χ2v) is 1.73. The van der Waals surface area contributed by atoms with E-state index >= 15 is 0 Å². The SMILES string of the molecule is O=P(O)(O)O.[N-]=[N+]=C=O. The van der Waals surface area contributed by atoms with E-state index in [1.807, 2.05) is 4.79 Å². The number of isocyanates is 1. The van der Waals surface area contributed by atoms with E-state index < -0.39 is 7.82 Å². The van der Waals surface area contributed by atoms with Gasteiger partial charge in [-0.2, -0.15) is 0 Å². The van der Waals surface area contributed by atoms with Gasteiger partial charge < -0.3 is 20.2 Å². The molecule has 0 bridgehead atoms. The molecule has 0 aromatic carbocycles. The molecule has 0 fully saturated rings. The maximum Gasteiger partial charge on any atom is 0.557 e. The Balaban J connectivity index is 0. The first kappa shape index (κ1) is 11.1. The summed E-state index contributed by atoms with van der Waals surface area (Å²) in [6.07, 6.45) is 0.861. The smallest absolute Gasteiger partial charge is 0.345 e. The highest BCUT2D eigenvalue weighted by Gasteiger charge is 2.00. The lowest BCUT2D eigenvalue weighted by Gasteiger charge is -1.82. The number of hydrogen-bond donors (Lipinski definition) is 3. The molecule has 0 rings (SSSR count). The van der Waals surface area contributed by atoms with Crippen LogP contribution >= 0.6 is 7.82 Å². The van der Waals surface area contributed by atoms with Gasteiger partial charge in [0.15, 0.2) is 0 Å². The number of carbonyl (C=O) groups excluding carboxylic acids is 1. The number of rotatable bonds is 0. The standard InChI is InChI=1S/CN2O.H3O4P/c2-3-1-4;1-5(2,3)4/h;(H3,1,2,3,4). The van der Waals surface area contributed by atoms with Crippen molar-refractivity contribution in [2.45, 2.75) is 0 Å². The Hall–Kier alpha value is -0.800. The number of nitrogens with zero attached hydrogens (tertiary/aromatic N) is 2. The lowest BCUT2D eigenvalue weighted by molar-refractivity contribution is -0.00453. The molecule has 9 heavy (non-hydrogen) atoms. The minimum Gasteiger partial charge on any atom is -0.345 e. The van der Waals surface area contributed by atoms with Crippen molar-refractivity contribution in [1.82, 2.24) is 0 Å². The number of hydrogen-bond acceptors (Lipinski definition) is 2. The first-order valence-corrected chi connectivity index (χ1v) is 2.98. The van der Waals surface area contributed by atoms with Crippen molar-refractivity contribution in [2.24, 2.45) is 0 Å². The van der Waals surface area contributed by atoms with E-state index in [9.17, 15) is 0 Å². The average molecular weight is 154 g/mol. The van der Waals surface area contributed by atoms with Gasteiger partial charge in [-0.25, -0.2) is 4.57 Å². The van der Waals surface area contributed by atoms with Crippen molar-refractivity contribution in [3.05, 3.63) is 5.53 Å². The van der Waals surface area contributed by atoms with Crippen molar-refractivity contribution < 1.29 is 28.8 Å². The van der Waals surface area contributed by atoms with Gasteiger partial charge in [-0.3, -0.25) is 0 Å². The third kappa shape index (κ3) is 4870. The number of phosphoric acid groups is 1. The van der Waals surface area contributed by atoms with E-state index in [0.717, 1.165) is 6.08 Å². The molecule has 0 saturated carbocycles. The van der Waals surface area contributed by atoms with Crippen LogP contribution < -0.4 is 0 Å². The molecule has 0 aliphatic carbocycles. The van der Waals surface area contributed by atoms with Gasteiger partial charge in [0.1, 0.15) is 0 Å².